The molecule has 2 heterocycles. The first-order valence-electron chi connectivity index (χ1n) is 17.0. The zero-order valence-electron chi connectivity index (χ0n) is 29.9. The van der Waals surface area contributed by atoms with Crippen LogP contribution in [0.3, 0.4) is 0 Å². The summed E-state index contributed by atoms with van der Waals surface area (Å²) >= 11 is 0. The Morgan fingerprint density at radius 1 is 1.04 bits per heavy atom. The van der Waals surface area contributed by atoms with Crippen LogP contribution in [-0.4, -0.2) is 77.1 Å². The van der Waals surface area contributed by atoms with Gasteiger partial charge in [-0.1, -0.05) is 34.6 Å². The molecule has 1 aromatic heterocycles. The lowest BCUT2D eigenvalue weighted by Gasteiger charge is -2.31. The first-order chi connectivity index (χ1) is 22.7. The number of aryl methyl sites for hydroxylation is 1. The van der Waals surface area contributed by atoms with Crippen LogP contribution in [0.25, 0.3) is 11.6 Å². The number of aromatic nitrogens is 1. The largest absolute Gasteiger partial charge is 0.426 e. The van der Waals surface area contributed by atoms with Crippen molar-refractivity contribution in [1.82, 2.24) is 15.2 Å². The minimum Gasteiger partial charge on any atom is -0.426 e. The first-order valence-corrected chi connectivity index (χ1v) is 17.0. The molecule has 2 aromatic rings. The number of carbonyl (C=O) groups is 5. The van der Waals surface area contributed by atoms with Gasteiger partial charge in [-0.05, 0) is 83.5 Å². The fourth-order valence-corrected chi connectivity index (χ4v) is 5.79. The van der Waals surface area contributed by atoms with Crippen LogP contribution < -0.4 is 15.4 Å². The number of carbonyl (C=O) groups excluding carboxylic acids is 5. The summed E-state index contributed by atoms with van der Waals surface area (Å²) in [6.45, 7) is 19.8. The van der Waals surface area contributed by atoms with Crippen molar-refractivity contribution in [2.45, 2.75) is 99.7 Å². The zero-order chi connectivity index (χ0) is 35.8. The summed E-state index contributed by atoms with van der Waals surface area (Å²) in [5.41, 5.74) is 2.83. The van der Waals surface area contributed by atoms with E-state index in [1.54, 1.807) is 38.1 Å². The predicted molar refractivity (Wildman–Crippen MR) is 187 cm³/mol. The summed E-state index contributed by atoms with van der Waals surface area (Å²) in [4.78, 5) is 70.0. The van der Waals surface area contributed by atoms with Gasteiger partial charge < -0.3 is 30.0 Å². The highest BCUT2D eigenvalue weighted by molar-refractivity contribution is 6.35. The number of esters is 1. The van der Waals surface area contributed by atoms with Crippen molar-refractivity contribution in [3.05, 3.63) is 46.3 Å². The third-order valence-electron chi connectivity index (χ3n) is 9.36. The van der Waals surface area contributed by atoms with Gasteiger partial charge in [0.25, 0.3) is 11.8 Å². The van der Waals surface area contributed by atoms with E-state index in [9.17, 15) is 24.0 Å². The number of Topliss-reactive ketones (excluding diaryl/α,β-unsaturated/α-hetero) is 2. The summed E-state index contributed by atoms with van der Waals surface area (Å²) in [5, 5.41) is 5.82. The maximum atomic E-state index is 13.1. The Morgan fingerprint density at radius 3 is 2.35 bits per heavy atom. The van der Waals surface area contributed by atoms with Crippen molar-refractivity contribution in [1.29, 1.82) is 0 Å². The lowest BCUT2D eigenvalue weighted by Crippen LogP contribution is -2.43. The molecule has 1 aromatic carbocycles. The number of benzene rings is 1. The van der Waals surface area contributed by atoms with Crippen LogP contribution in [-0.2, 0) is 23.9 Å². The molecule has 0 fully saturated rings. The molecule has 3 atom stereocenters. The van der Waals surface area contributed by atoms with E-state index in [1.165, 1.54) is 0 Å². The number of ether oxygens (including phenoxy) is 2. The van der Waals surface area contributed by atoms with E-state index < -0.39 is 17.7 Å². The summed E-state index contributed by atoms with van der Waals surface area (Å²) in [6, 6.07) is 4.83. The molecule has 0 radical (unpaired) electrons. The van der Waals surface area contributed by atoms with Gasteiger partial charge in [0.2, 0.25) is 0 Å². The Hall–Kier alpha value is -4.09. The van der Waals surface area contributed by atoms with Crippen LogP contribution in [0.5, 0.6) is 5.75 Å². The first kappa shape index (κ1) is 38.4. The van der Waals surface area contributed by atoms with Crippen LogP contribution in [0.1, 0.15) is 107 Å². The van der Waals surface area contributed by atoms with Crippen molar-refractivity contribution in [3.63, 3.8) is 0 Å². The normalized spacial score (nSPS) is 15.9. The van der Waals surface area contributed by atoms with Gasteiger partial charge in [-0.3, -0.25) is 24.0 Å². The van der Waals surface area contributed by atoms with Crippen molar-refractivity contribution in [3.8, 4) is 5.75 Å². The number of H-pyrrole nitrogens is 1. The number of fused-ring (bicyclic) bond motifs is 1. The maximum Gasteiger partial charge on any atom is 0.311 e. The van der Waals surface area contributed by atoms with Gasteiger partial charge in [-0.15, -0.1) is 0 Å². The average Bonchev–Trinajstić information content (AvgIpc) is 3.53. The monoisotopic (exact) mass is 664 g/mol. The van der Waals surface area contributed by atoms with Gasteiger partial charge in [0.15, 0.2) is 11.6 Å². The molecule has 1 aliphatic heterocycles. The van der Waals surface area contributed by atoms with Gasteiger partial charge in [0.1, 0.15) is 17.5 Å². The third-order valence-corrected chi connectivity index (χ3v) is 9.36. The van der Waals surface area contributed by atoms with E-state index in [4.69, 9.17) is 9.47 Å². The smallest absolute Gasteiger partial charge is 0.311 e. The van der Waals surface area contributed by atoms with Gasteiger partial charge >= 0.3 is 5.97 Å². The Labute approximate surface area is 284 Å². The van der Waals surface area contributed by atoms with Crippen molar-refractivity contribution in [2.75, 3.05) is 31.5 Å². The van der Waals surface area contributed by atoms with Crippen LogP contribution in [0.4, 0.5) is 5.69 Å². The molecule has 0 bridgehead atoms. The third kappa shape index (κ3) is 9.08. The van der Waals surface area contributed by atoms with Crippen molar-refractivity contribution >= 4 is 46.7 Å². The number of amides is 2. The van der Waals surface area contributed by atoms with Crippen LogP contribution >= 0.6 is 0 Å². The molecule has 3 N–H and O–H groups in total. The molecule has 11 nitrogen and oxygen atoms in total. The molecule has 262 valence electrons. The molecular weight excluding hydrogens is 612 g/mol. The number of hydrogen-bond acceptors (Lipinski definition) is 8. The van der Waals surface area contributed by atoms with E-state index >= 15 is 0 Å². The van der Waals surface area contributed by atoms with Gasteiger partial charge in [-0.25, -0.2) is 0 Å². The number of anilines is 1. The van der Waals surface area contributed by atoms with Gasteiger partial charge in [0, 0.05) is 48.1 Å². The standard InChI is InChI=1S/C37H52N4O7/c1-10-22(5)34(44)25(8)48-37(9,11-2)31(42)16-17-32(43)47-26-14-15-29-27(20-26)28(35(45)40-29)21-30-23(6)33(24(7)39-30)36(46)38-18-19-41(12-3)13-4/h14-15,20-22,25,39H,10-13,16-19H2,1-9H3,(H,38,46)(H,40,45)/b28-21-. The van der Waals surface area contributed by atoms with Crippen molar-refractivity contribution < 1.29 is 33.4 Å². The Bertz CT molecular complexity index is 1550. The maximum absolute atomic E-state index is 13.1. The number of hydrogen-bond donors (Lipinski definition) is 3. The van der Waals surface area contributed by atoms with Crippen LogP contribution in [0, 0.1) is 19.8 Å². The zero-order valence-corrected chi connectivity index (χ0v) is 29.9. The fourth-order valence-electron chi connectivity index (χ4n) is 5.79. The molecule has 0 aliphatic carbocycles. The number of nitrogens with zero attached hydrogens (tertiary/aromatic N) is 1. The number of nitrogens with one attached hydrogen (secondary N) is 3. The number of ketones is 2. The summed E-state index contributed by atoms with van der Waals surface area (Å²) in [6.07, 6.45) is 1.70. The van der Waals surface area contributed by atoms with E-state index in [0.717, 1.165) is 25.2 Å². The minimum atomic E-state index is -1.21. The molecule has 3 rings (SSSR count). The SMILES string of the molecule is CCC(C)C(=O)C(C)OC(C)(CC)C(=O)CCC(=O)Oc1ccc2c(c1)/C(=C/c1[nH]c(C)c(C(=O)NCCN(CC)CC)c1C)C(=O)N2. The summed E-state index contributed by atoms with van der Waals surface area (Å²) < 4.78 is 11.5. The van der Waals surface area contributed by atoms with Gasteiger partial charge in [0.05, 0.1) is 17.6 Å². The quantitative estimate of drug-likeness (QED) is 0.105. The molecule has 0 saturated heterocycles. The average molecular weight is 665 g/mol. The summed E-state index contributed by atoms with van der Waals surface area (Å²) in [5.74, 6) is -1.40. The number of rotatable bonds is 18. The molecule has 1 aliphatic rings. The highest BCUT2D eigenvalue weighted by atomic mass is 16.5. The Balaban J connectivity index is 1.70. The topological polar surface area (TPSA) is 147 Å². The molecule has 48 heavy (non-hydrogen) atoms. The second-order valence-electron chi connectivity index (χ2n) is 12.6. The van der Waals surface area contributed by atoms with Crippen molar-refractivity contribution in [2.24, 2.45) is 5.92 Å². The van der Waals surface area contributed by atoms with Gasteiger partial charge in [-0.2, -0.15) is 0 Å². The Kier molecular flexibility index (Phi) is 13.5. The van der Waals surface area contributed by atoms with E-state index in [-0.39, 0.29) is 47.9 Å². The molecule has 0 spiro atoms. The van der Waals surface area contributed by atoms with E-state index in [0.29, 0.717) is 53.2 Å². The Morgan fingerprint density at radius 2 is 1.73 bits per heavy atom. The second-order valence-corrected chi connectivity index (χ2v) is 12.6. The van der Waals surface area contributed by atoms with E-state index in [2.05, 4.69) is 34.4 Å². The lowest BCUT2D eigenvalue weighted by molar-refractivity contribution is -0.159. The molecular formula is C37H52N4O7. The molecule has 3 unspecified atom stereocenters. The molecule has 0 saturated carbocycles. The molecule has 11 heteroatoms. The number of likely N-dealkylation sites (N-methyl/N-ethyl adjacent to an activating group) is 1. The second kappa shape index (κ2) is 16.8. The van der Waals surface area contributed by atoms with E-state index in [1.807, 2.05) is 34.6 Å². The fraction of sp³-hybridized carbons (Fsp3) is 0.541. The summed E-state index contributed by atoms with van der Waals surface area (Å²) in [7, 11) is 0. The van der Waals surface area contributed by atoms with Crippen LogP contribution in [0.2, 0.25) is 0 Å². The number of aromatic amines is 1. The lowest BCUT2D eigenvalue weighted by atomic mass is 9.92. The highest BCUT2D eigenvalue weighted by Crippen LogP contribution is 2.36. The van der Waals surface area contributed by atoms with Crippen LogP contribution in [0.15, 0.2) is 18.2 Å². The highest BCUT2D eigenvalue weighted by Gasteiger charge is 2.36. The minimum absolute atomic E-state index is 0.0590. The molecule has 2 amide bonds. The predicted octanol–water partition coefficient (Wildman–Crippen LogP) is 5.64.